The van der Waals surface area contributed by atoms with Crippen LogP contribution in [0.25, 0.3) is 0 Å². The lowest BCUT2D eigenvalue weighted by molar-refractivity contribution is 0.380. The topological polar surface area (TPSA) is 24.9 Å². The van der Waals surface area contributed by atoms with Crippen molar-refractivity contribution < 1.29 is 0 Å². The van der Waals surface area contributed by atoms with Gasteiger partial charge in [0, 0.05) is 25.0 Å². The molecular formula is C14H22N2. The summed E-state index contributed by atoms with van der Waals surface area (Å²) in [5, 5.41) is 3.63. The van der Waals surface area contributed by atoms with Gasteiger partial charge >= 0.3 is 0 Å². The minimum absolute atomic E-state index is 0.642. The van der Waals surface area contributed by atoms with Gasteiger partial charge in [0.15, 0.2) is 0 Å². The first-order valence-corrected chi connectivity index (χ1v) is 6.39. The largest absolute Gasteiger partial charge is 0.310 e. The molecule has 88 valence electrons. The van der Waals surface area contributed by atoms with Crippen LogP contribution in [0.15, 0.2) is 18.5 Å². The lowest BCUT2D eigenvalue weighted by Gasteiger charge is -2.20. The van der Waals surface area contributed by atoms with E-state index in [0.29, 0.717) is 6.04 Å². The van der Waals surface area contributed by atoms with Crippen molar-refractivity contribution in [2.45, 2.75) is 52.1 Å². The summed E-state index contributed by atoms with van der Waals surface area (Å²) in [4.78, 5) is 4.22. The van der Waals surface area contributed by atoms with Crippen LogP contribution in [0.3, 0.4) is 0 Å². The molecule has 1 aromatic heterocycles. The van der Waals surface area contributed by atoms with Gasteiger partial charge in [0.2, 0.25) is 0 Å². The normalized spacial score (nSPS) is 18.9. The second kappa shape index (κ2) is 5.44. The molecule has 1 atom stereocenters. The molecule has 0 radical (unpaired) electrons. The predicted molar refractivity (Wildman–Crippen MR) is 67.2 cm³/mol. The van der Waals surface area contributed by atoms with Gasteiger partial charge in [-0.15, -0.1) is 0 Å². The highest BCUT2D eigenvalue weighted by Gasteiger charge is 2.20. The number of aryl methyl sites for hydroxylation is 1. The second-order valence-electron chi connectivity index (χ2n) is 5.08. The Morgan fingerprint density at radius 3 is 2.81 bits per heavy atom. The third-order valence-corrected chi connectivity index (χ3v) is 3.67. The van der Waals surface area contributed by atoms with Crippen molar-refractivity contribution >= 4 is 0 Å². The number of hydrogen-bond acceptors (Lipinski definition) is 2. The summed E-state index contributed by atoms with van der Waals surface area (Å²) in [5.74, 6) is 0.887. The van der Waals surface area contributed by atoms with Gasteiger partial charge in [-0.05, 0) is 43.7 Å². The van der Waals surface area contributed by atoms with Gasteiger partial charge in [-0.25, -0.2) is 0 Å². The van der Waals surface area contributed by atoms with E-state index in [1.165, 1.54) is 36.8 Å². The summed E-state index contributed by atoms with van der Waals surface area (Å²) < 4.78 is 0. The maximum Gasteiger partial charge on any atom is 0.0313 e. The van der Waals surface area contributed by atoms with E-state index in [9.17, 15) is 0 Å². The van der Waals surface area contributed by atoms with E-state index in [1.54, 1.807) is 0 Å². The Hall–Kier alpha value is -0.890. The molecule has 1 fully saturated rings. The average molecular weight is 218 g/mol. The van der Waals surface area contributed by atoms with Crippen LogP contribution in [0, 0.1) is 12.8 Å². The van der Waals surface area contributed by atoms with Gasteiger partial charge in [-0.2, -0.15) is 0 Å². The molecule has 1 aliphatic carbocycles. The summed E-state index contributed by atoms with van der Waals surface area (Å²) in [5.41, 5.74) is 2.54. The van der Waals surface area contributed by atoms with E-state index in [0.717, 1.165) is 12.5 Å². The summed E-state index contributed by atoms with van der Waals surface area (Å²) >= 11 is 0. The lowest BCUT2D eigenvalue weighted by Crippen LogP contribution is -2.31. The van der Waals surface area contributed by atoms with Gasteiger partial charge in [-0.3, -0.25) is 4.98 Å². The second-order valence-corrected chi connectivity index (χ2v) is 5.08. The Balaban J connectivity index is 1.82. The van der Waals surface area contributed by atoms with Crippen molar-refractivity contribution in [3.8, 4) is 0 Å². The van der Waals surface area contributed by atoms with Crippen LogP contribution in [-0.2, 0) is 6.54 Å². The highest BCUT2D eigenvalue weighted by molar-refractivity contribution is 5.16. The van der Waals surface area contributed by atoms with E-state index in [4.69, 9.17) is 0 Å². The van der Waals surface area contributed by atoms with Gasteiger partial charge in [0.1, 0.15) is 0 Å². The third kappa shape index (κ3) is 3.05. The Morgan fingerprint density at radius 2 is 2.12 bits per heavy atom. The molecule has 1 aliphatic rings. The molecule has 1 N–H and O–H groups in total. The van der Waals surface area contributed by atoms with Gasteiger partial charge in [0.25, 0.3) is 0 Å². The minimum Gasteiger partial charge on any atom is -0.310 e. The summed E-state index contributed by atoms with van der Waals surface area (Å²) in [6.45, 7) is 5.36. The van der Waals surface area contributed by atoms with Crippen molar-refractivity contribution in [3.05, 3.63) is 29.6 Å². The Bertz CT molecular complexity index is 329. The van der Waals surface area contributed by atoms with E-state index in [2.05, 4.69) is 30.2 Å². The van der Waals surface area contributed by atoms with E-state index in [1.807, 2.05) is 12.4 Å². The van der Waals surface area contributed by atoms with Crippen LogP contribution in [0.1, 0.15) is 43.7 Å². The van der Waals surface area contributed by atoms with Crippen molar-refractivity contribution in [2.75, 3.05) is 0 Å². The molecule has 0 amide bonds. The third-order valence-electron chi connectivity index (χ3n) is 3.67. The van der Waals surface area contributed by atoms with Crippen molar-refractivity contribution in [2.24, 2.45) is 5.92 Å². The molecular weight excluding hydrogens is 196 g/mol. The lowest BCUT2D eigenvalue weighted by atomic mass is 9.99. The zero-order chi connectivity index (χ0) is 11.4. The van der Waals surface area contributed by atoms with Gasteiger partial charge in [0.05, 0.1) is 0 Å². The molecule has 1 saturated carbocycles. The van der Waals surface area contributed by atoms with Crippen LogP contribution < -0.4 is 5.32 Å². The van der Waals surface area contributed by atoms with Crippen LogP contribution in [0.4, 0.5) is 0 Å². The van der Waals surface area contributed by atoms with Crippen LogP contribution in [-0.4, -0.2) is 11.0 Å². The van der Waals surface area contributed by atoms with Gasteiger partial charge < -0.3 is 5.32 Å². The fourth-order valence-electron chi connectivity index (χ4n) is 2.62. The fraction of sp³-hybridized carbons (Fsp3) is 0.643. The smallest absolute Gasteiger partial charge is 0.0313 e. The van der Waals surface area contributed by atoms with Gasteiger partial charge in [-0.1, -0.05) is 18.9 Å². The predicted octanol–water partition coefficient (Wildman–Crippen LogP) is 3.06. The maximum absolute atomic E-state index is 4.22. The number of aromatic nitrogens is 1. The molecule has 0 unspecified atom stereocenters. The first-order valence-electron chi connectivity index (χ1n) is 6.39. The molecule has 16 heavy (non-hydrogen) atoms. The SMILES string of the molecule is Cc1cncc(CN[C@@H](C)C2CCCC2)c1. The molecule has 0 saturated heterocycles. The van der Waals surface area contributed by atoms with Crippen molar-refractivity contribution in [3.63, 3.8) is 0 Å². The first kappa shape index (κ1) is 11.6. The highest BCUT2D eigenvalue weighted by Crippen LogP contribution is 2.27. The highest BCUT2D eigenvalue weighted by atomic mass is 14.9. The molecule has 1 aromatic rings. The summed E-state index contributed by atoms with van der Waals surface area (Å²) in [6.07, 6.45) is 9.51. The van der Waals surface area contributed by atoms with Crippen LogP contribution >= 0.6 is 0 Å². The molecule has 0 aromatic carbocycles. The van der Waals surface area contributed by atoms with E-state index in [-0.39, 0.29) is 0 Å². The standard InChI is InChI=1S/C14H22N2/c1-11-7-13(9-15-8-11)10-16-12(2)14-5-3-4-6-14/h7-9,12,14,16H,3-6,10H2,1-2H3/t12-/m0/s1. The molecule has 0 spiro atoms. The number of hydrogen-bond donors (Lipinski definition) is 1. The monoisotopic (exact) mass is 218 g/mol. The molecule has 2 nitrogen and oxygen atoms in total. The first-order chi connectivity index (χ1) is 7.75. The quantitative estimate of drug-likeness (QED) is 0.840. The Labute approximate surface area is 98.5 Å². The molecule has 0 aliphatic heterocycles. The van der Waals surface area contributed by atoms with Crippen molar-refractivity contribution in [1.29, 1.82) is 0 Å². The average Bonchev–Trinajstić information content (AvgIpc) is 2.79. The fourth-order valence-corrected chi connectivity index (χ4v) is 2.62. The number of pyridine rings is 1. The zero-order valence-corrected chi connectivity index (χ0v) is 10.4. The van der Waals surface area contributed by atoms with Crippen LogP contribution in [0.5, 0.6) is 0 Å². The van der Waals surface area contributed by atoms with E-state index < -0.39 is 0 Å². The Morgan fingerprint density at radius 1 is 1.38 bits per heavy atom. The zero-order valence-electron chi connectivity index (χ0n) is 10.4. The van der Waals surface area contributed by atoms with Crippen LogP contribution in [0.2, 0.25) is 0 Å². The molecule has 0 bridgehead atoms. The molecule has 2 rings (SSSR count). The van der Waals surface area contributed by atoms with E-state index >= 15 is 0 Å². The maximum atomic E-state index is 4.22. The molecule has 1 heterocycles. The molecule has 2 heteroatoms. The Kier molecular flexibility index (Phi) is 3.94. The number of nitrogens with one attached hydrogen (secondary N) is 1. The number of rotatable bonds is 4. The summed E-state index contributed by atoms with van der Waals surface area (Å²) in [6, 6.07) is 2.85. The van der Waals surface area contributed by atoms with Crippen molar-refractivity contribution in [1.82, 2.24) is 10.3 Å². The minimum atomic E-state index is 0.642. The summed E-state index contributed by atoms with van der Waals surface area (Å²) in [7, 11) is 0. The number of nitrogens with zero attached hydrogens (tertiary/aromatic N) is 1.